The van der Waals surface area contributed by atoms with E-state index in [1.807, 2.05) is 30.3 Å². The Morgan fingerprint density at radius 1 is 1.29 bits per heavy atom. The molecule has 0 unspecified atom stereocenters. The number of amides is 1. The smallest absolute Gasteiger partial charge is 0.257 e. The van der Waals surface area contributed by atoms with E-state index in [2.05, 4.69) is 0 Å². The Labute approximate surface area is 146 Å². The summed E-state index contributed by atoms with van der Waals surface area (Å²) in [6.45, 7) is 2.02. The average molecular weight is 346 g/mol. The predicted octanol–water partition coefficient (Wildman–Crippen LogP) is 3.82. The van der Waals surface area contributed by atoms with E-state index in [-0.39, 0.29) is 22.2 Å². The van der Waals surface area contributed by atoms with E-state index < -0.39 is 0 Å². The Hall–Kier alpha value is -2.04. The van der Waals surface area contributed by atoms with Gasteiger partial charge in [0, 0.05) is 26.1 Å². The van der Waals surface area contributed by atoms with E-state index in [1.165, 1.54) is 0 Å². The maximum absolute atomic E-state index is 12.8. The molecule has 0 aliphatic carbocycles. The van der Waals surface area contributed by atoms with Gasteiger partial charge in [-0.15, -0.1) is 0 Å². The van der Waals surface area contributed by atoms with Gasteiger partial charge in [0.2, 0.25) is 0 Å². The van der Waals surface area contributed by atoms with Crippen LogP contribution in [0.5, 0.6) is 5.75 Å². The molecule has 1 heterocycles. The van der Waals surface area contributed by atoms with Crippen LogP contribution >= 0.6 is 11.6 Å². The van der Waals surface area contributed by atoms with Gasteiger partial charge in [0.1, 0.15) is 5.75 Å². The minimum Gasteiger partial charge on any atom is -0.506 e. The molecule has 1 amide bonds. The van der Waals surface area contributed by atoms with E-state index in [4.69, 9.17) is 16.3 Å². The molecule has 3 rings (SSSR count). The molecule has 126 valence electrons. The molecule has 0 bridgehead atoms. The van der Waals surface area contributed by atoms with Crippen molar-refractivity contribution in [3.8, 4) is 16.9 Å². The molecule has 5 heteroatoms. The standard InChI is InChI=1S/C19H20ClNO3/c1-21(11-13-7-8-24-12-13)19(23)16-9-15(10-17(20)18(16)22)14-5-3-2-4-6-14/h2-6,9-10,13,22H,7-8,11-12H2,1H3/t13-/m1/s1. The average Bonchev–Trinajstić information content (AvgIpc) is 3.10. The Morgan fingerprint density at radius 2 is 2.04 bits per heavy atom. The van der Waals surface area contributed by atoms with Gasteiger partial charge in [0.05, 0.1) is 17.2 Å². The van der Waals surface area contributed by atoms with Crippen LogP contribution in [0.25, 0.3) is 11.1 Å². The number of carbonyl (C=O) groups is 1. The lowest BCUT2D eigenvalue weighted by Gasteiger charge is -2.21. The lowest BCUT2D eigenvalue weighted by atomic mass is 10.0. The van der Waals surface area contributed by atoms with Gasteiger partial charge >= 0.3 is 0 Å². The van der Waals surface area contributed by atoms with E-state index >= 15 is 0 Å². The lowest BCUT2D eigenvalue weighted by Crippen LogP contribution is -2.32. The van der Waals surface area contributed by atoms with Crippen molar-refractivity contribution in [2.75, 3.05) is 26.8 Å². The highest BCUT2D eigenvalue weighted by molar-refractivity contribution is 6.33. The SMILES string of the molecule is CN(C[C@H]1CCOC1)C(=O)c1cc(-c2ccccc2)cc(Cl)c1O. The van der Waals surface area contributed by atoms with Crippen molar-refractivity contribution in [2.45, 2.75) is 6.42 Å². The van der Waals surface area contributed by atoms with Crippen molar-refractivity contribution < 1.29 is 14.6 Å². The maximum atomic E-state index is 12.8. The molecule has 1 saturated heterocycles. The van der Waals surface area contributed by atoms with Crippen molar-refractivity contribution >= 4 is 17.5 Å². The largest absolute Gasteiger partial charge is 0.506 e. The molecule has 2 aromatic rings. The summed E-state index contributed by atoms with van der Waals surface area (Å²) in [5.74, 6) is -0.0659. The lowest BCUT2D eigenvalue weighted by molar-refractivity contribution is 0.0763. The number of aromatic hydroxyl groups is 1. The number of benzene rings is 2. The molecule has 4 nitrogen and oxygen atoms in total. The third-order valence-corrected chi connectivity index (χ3v) is 4.59. The maximum Gasteiger partial charge on any atom is 0.257 e. The molecular weight excluding hydrogens is 326 g/mol. The van der Waals surface area contributed by atoms with Crippen LogP contribution in [0.4, 0.5) is 0 Å². The number of phenolic OH excluding ortho intramolecular Hbond substituents is 1. The highest BCUT2D eigenvalue weighted by atomic mass is 35.5. The first-order valence-electron chi connectivity index (χ1n) is 7.97. The first-order valence-corrected chi connectivity index (χ1v) is 8.35. The molecule has 1 N–H and O–H groups in total. The molecule has 0 aromatic heterocycles. The molecule has 0 spiro atoms. The van der Waals surface area contributed by atoms with Crippen LogP contribution in [0.1, 0.15) is 16.8 Å². The second-order valence-electron chi connectivity index (χ2n) is 6.14. The molecule has 1 fully saturated rings. The van der Waals surface area contributed by atoms with Crippen molar-refractivity contribution in [1.82, 2.24) is 4.90 Å². The molecule has 2 aromatic carbocycles. The molecule has 0 radical (unpaired) electrons. The molecular formula is C19H20ClNO3. The Morgan fingerprint density at radius 3 is 2.71 bits per heavy atom. The number of hydrogen-bond donors (Lipinski definition) is 1. The zero-order valence-corrected chi connectivity index (χ0v) is 14.3. The first-order chi connectivity index (χ1) is 11.6. The summed E-state index contributed by atoms with van der Waals surface area (Å²) < 4.78 is 5.35. The normalized spacial score (nSPS) is 17.0. The fourth-order valence-corrected chi connectivity index (χ4v) is 3.18. The molecule has 1 atom stereocenters. The number of hydrogen-bond acceptors (Lipinski definition) is 3. The van der Waals surface area contributed by atoms with Gasteiger partial charge in [-0.25, -0.2) is 0 Å². The summed E-state index contributed by atoms with van der Waals surface area (Å²) in [5.41, 5.74) is 1.97. The van der Waals surface area contributed by atoms with Crippen LogP contribution < -0.4 is 0 Å². The first kappa shape index (κ1) is 16.8. The van der Waals surface area contributed by atoms with Crippen LogP contribution in [0, 0.1) is 5.92 Å². The van der Waals surface area contributed by atoms with Gasteiger partial charge in [-0.1, -0.05) is 41.9 Å². The van der Waals surface area contributed by atoms with Crippen molar-refractivity contribution in [3.63, 3.8) is 0 Å². The van der Waals surface area contributed by atoms with Crippen LogP contribution in [-0.4, -0.2) is 42.7 Å². The highest BCUT2D eigenvalue weighted by Gasteiger charge is 2.23. The van der Waals surface area contributed by atoms with Gasteiger partial charge < -0.3 is 14.7 Å². The summed E-state index contributed by atoms with van der Waals surface area (Å²) in [6.07, 6.45) is 0.953. The fraction of sp³-hybridized carbons (Fsp3) is 0.316. The quantitative estimate of drug-likeness (QED) is 0.916. The van der Waals surface area contributed by atoms with Gasteiger partial charge in [-0.05, 0) is 29.7 Å². The van der Waals surface area contributed by atoms with Gasteiger partial charge in [-0.2, -0.15) is 0 Å². The second kappa shape index (κ2) is 7.24. The Kier molecular flexibility index (Phi) is 5.07. The minimum absolute atomic E-state index is 0.170. The molecule has 1 aliphatic rings. The van der Waals surface area contributed by atoms with Crippen LogP contribution in [0.2, 0.25) is 5.02 Å². The monoisotopic (exact) mass is 345 g/mol. The number of phenols is 1. The zero-order chi connectivity index (χ0) is 17.1. The number of halogens is 1. The number of ether oxygens (including phenoxy) is 1. The number of nitrogens with zero attached hydrogens (tertiary/aromatic N) is 1. The molecule has 24 heavy (non-hydrogen) atoms. The van der Waals surface area contributed by atoms with E-state index in [1.54, 1.807) is 24.1 Å². The topological polar surface area (TPSA) is 49.8 Å². The van der Waals surface area contributed by atoms with Crippen molar-refractivity contribution in [1.29, 1.82) is 0 Å². The summed E-state index contributed by atoms with van der Waals surface area (Å²) in [6, 6.07) is 13.0. The van der Waals surface area contributed by atoms with E-state index in [9.17, 15) is 9.90 Å². The van der Waals surface area contributed by atoms with Gasteiger partial charge in [0.25, 0.3) is 5.91 Å². The third kappa shape index (κ3) is 3.55. The van der Waals surface area contributed by atoms with Crippen LogP contribution in [0.15, 0.2) is 42.5 Å². The summed E-state index contributed by atoms with van der Waals surface area (Å²) in [4.78, 5) is 14.4. The van der Waals surface area contributed by atoms with Gasteiger partial charge in [-0.3, -0.25) is 4.79 Å². The fourth-order valence-electron chi connectivity index (χ4n) is 2.96. The number of rotatable bonds is 4. The summed E-state index contributed by atoms with van der Waals surface area (Å²) in [5, 5.41) is 10.4. The Balaban J connectivity index is 1.88. The van der Waals surface area contributed by atoms with Crippen molar-refractivity contribution in [2.24, 2.45) is 5.92 Å². The Bertz CT molecular complexity index is 727. The minimum atomic E-state index is -0.237. The van der Waals surface area contributed by atoms with Crippen molar-refractivity contribution in [3.05, 3.63) is 53.1 Å². The molecule has 0 saturated carbocycles. The van der Waals surface area contributed by atoms with Gasteiger partial charge in [0.15, 0.2) is 0 Å². The van der Waals surface area contributed by atoms with Crippen LogP contribution in [0.3, 0.4) is 0 Å². The summed E-state index contributed by atoms with van der Waals surface area (Å²) >= 11 is 6.15. The second-order valence-corrected chi connectivity index (χ2v) is 6.54. The van der Waals surface area contributed by atoms with E-state index in [0.717, 1.165) is 24.2 Å². The number of carbonyl (C=O) groups excluding carboxylic acids is 1. The molecule has 1 aliphatic heterocycles. The summed E-state index contributed by atoms with van der Waals surface area (Å²) in [7, 11) is 1.74. The zero-order valence-electron chi connectivity index (χ0n) is 13.5. The highest BCUT2D eigenvalue weighted by Crippen LogP contribution is 2.34. The third-order valence-electron chi connectivity index (χ3n) is 4.30. The van der Waals surface area contributed by atoms with Crippen LogP contribution in [-0.2, 0) is 4.74 Å². The predicted molar refractivity (Wildman–Crippen MR) is 94.4 cm³/mol. The van der Waals surface area contributed by atoms with E-state index in [0.29, 0.717) is 19.1 Å².